The van der Waals surface area contributed by atoms with Crippen molar-refractivity contribution in [3.63, 3.8) is 0 Å². The predicted molar refractivity (Wildman–Crippen MR) is 193 cm³/mol. The Morgan fingerprint density at radius 3 is 1.79 bits per heavy atom. The molecule has 0 saturated carbocycles. The molecule has 2 aliphatic rings. The molecule has 12 rings (SSSR count). The van der Waals surface area contributed by atoms with E-state index in [1.54, 1.807) is 0 Å². The van der Waals surface area contributed by atoms with Crippen LogP contribution in [0, 0.1) is 0 Å². The maximum Gasteiger partial charge on any atom is 0.146 e. The number of imidazole rings is 1. The van der Waals surface area contributed by atoms with Crippen molar-refractivity contribution in [2.24, 2.45) is 0 Å². The largest absolute Gasteiger partial charge is 0.309 e. The number of pyridine rings is 1. The highest BCUT2D eigenvalue weighted by Gasteiger charge is 2.51. The monoisotopic (exact) mass is 595 g/mol. The normalized spacial score (nSPS) is 14.1. The Morgan fingerprint density at radius 1 is 0.447 bits per heavy atom. The van der Waals surface area contributed by atoms with E-state index in [1.807, 2.05) is 0 Å². The van der Waals surface area contributed by atoms with Crippen LogP contribution in [0.15, 0.2) is 152 Å². The van der Waals surface area contributed by atoms with Crippen molar-refractivity contribution in [3.05, 3.63) is 174 Å². The summed E-state index contributed by atoms with van der Waals surface area (Å²) in [6.07, 6.45) is 0. The molecule has 10 aromatic rings. The second-order valence-corrected chi connectivity index (χ2v) is 13.1. The highest BCUT2D eigenvalue weighted by molar-refractivity contribution is 6.32. The van der Waals surface area contributed by atoms with Gasteiger partial charge in [0.25, 0.3) is 0 Å². The molecular weight excluding hydrogens is 571 g/mol. The summed E-state index contributed by atoms with van der Waals surface area (Å²) >= 11 is 0. The van der Waals surface area contributed by atoms with Crippen LogP contribution in [-0.2, 0) is 5.41 Å². The fourth-order valence-electron chi connectivity index (χ4n) is 9.44. The number of para-hydroxylation sites is 5. The molecule has 0 unspecified atom stereocenters. The third-order valence-electron chi connectivity index (χ3n) is 11.1. The number of hydrogen-bond donors (Lipinski definition) is 0. The summed E-state index contributed by atoms with van der Waals surface area (Å²) in [6.45, 7) is 0. The van der Waals surface area contributed by atoms with E-state index in [-0.39, 0.29) is 0 Å². The average Bonchev–Trinajstić information content (AvgIpc) is 3.79. The van der Waals surface area contributed by atoms with Gasteiger partial charge in [0.15, 0.2) is 0 Å². The first-order valence-corrected chi connectivity index (χ1v) is 16.3. The molecule has 1 aliphatic heterocycles. The third-order valence-corrected chi connectivity index (χ3v) is 11.1. The van der Waals surface area contributed by atoms with Crippen LogP contribution in [0.4, 0.5) is 0 Å². The standard InChI is InChI=1S/C44H25N3/c1-5-17-31-26(13-1)27-14-2-6-18-32(27)44(31)33-19-7-11-23-38(33)46-36-21-9-4-16-29(36)41-40-28-15-3-10-22-37(28)47-39-24-12-8-20-35(39)45-43(47)30(40)25-34(44)42(41)46/h1-25H. The minimum Gasteiger partial charge on any atom is -0.309 e. The number of hydrogen-bond acceptors (Lipinski definition) is 1. The molecule has 3 heteroatoms. The van der Waals surface area contributed by atoms with E-state index < -0.39 is 5.41 Å². The summed E-state index contributed by atoms with van der Waals surface area (Å²) < 4.78 is 4.93. The third kappa shape index (κ3) is 2.60. The summed E-state index contributed by atoms with van der Waals surface area (Å²) in [4.78, 5) is 5.38. The highest BCUT2D eigenvalue weighted by Crippen LogP contribution is 2.62. The maximum absolute atomic E-state index is 5.38. The van der Waals surface area contributed by atoms with Crippen molar-refractivity contribution in [2.45, 2.75) is 5.41 Å². The first-order valence-electron chi connectivity index (χ1n) is 16.3. The van der Waals surface area contributed by atoms with Gasteiger partial charge in [0, 0.05) is 26.9 Å². The van der Waals surface area contributed by atoms with Gasteiger partial charge in [0.1, 0.15) is 5.65 Å². The van der Waals surface area contributed by atoms with Crippen LogP contribution in [-0.4, -0.2) is 14.0 Å². The molecule has 0 bridgehead atoms. The molecule has 216 valence electrons. The second kappa shape index (κ2) is 8.14. The summed E-state index contributed by atoms with van der Waals surface area (Å²) in [5, 5.41) is 6.27. The molecule has 1 spiro atoms. The minimum atomic E-state index is -0.491. The number of fused-ring (bicyclic) bond motifs is 21. The number of rotatable bonds is 0. The Morgan fingerprint density at radius 2 is 1.02 bits per heavy atom. The molecule has 0 saturated heterocycles. The molecule has 0 N–H and O–H groups in total. The lowest BCUT2D eigenvalue weighted by Gasteiger charge is -2.39. The zero-order chi connectivity index (χ0) is 30.4. The van der Waals surface area contributed by atoms with Gasteiger partial charge < -0.3 is 4.57 Å². The first kappa shape index (κ1) is 24.1. The fourth-order valence-corrected chi connectivity index (χ4v) is 9.44. The van der Waals surface area contributed by atoms with Crippen LogP contribution in [0.3, 0.4) is 0 Å². The zero-order valence-electron chi connectivity index (χ0n) is 25.3. The molecule has 47 heavy (non-hydrogen) atoms. The van der Waals surface area contributed by atoms with Crippen molar-refractivity contribution in [1.82, 2.24) is 14.0 Å². The maximum atomic E-state index is 5.38. The van der Waals surface area contributed by atoms with Gasteiger partial charge in [-0.05, 0) is 69.8 Å². The van der Waals surface area contributed by atoms with Crippen molar-refractivity contribution in [2.75, 3.05) is 0 Å². The smallest absolute Gasteiger partial charge is 0.146 e. The van der Waals surface area contributed by atoms with E-state index in [1.165, 1.54) is 82.5 Å². The van der Waals surface area contributed by atoms with E-state index in [9.17, 15) is 0 Å². The molecular formula is C44H25N3. The summed E-state index contributed by atoms with van der Waals surface area (Å²) in [5.74, 6) is 0. The molecule has 0 atom stereocenters. The lowest BCUT2D eigenvalue weighted by molar-refractivity contribution is 0.749. The summed E-state index contributed by atoms with van der Waals surface area (Å²) in [5.41, 5.74) is 15.5. The van der Waals surface area contributed by atoms with Gasteiger partial charge in [0.05, 0.1) is 38.7 Å². The highest BCUT2D eigenvalue weighted by atomic mass is 15.0. The van der Waals surface area contributed by atoms with Gasteiger partial charge >= 0.3 is 0 Å². The van der Waals surface area contributed by atoms with E-state index in [2.05, 4.69) is 161 Å². The Bertz CT molecular complexity index is 2980. The number of benzene rings is 7. The van der Waals surface area contributed by atoms with Crippen LogP contribution in [0.2, 0.25) is 0 Å². The molecule has 1 aliphatic carbocycles. The molecule has 7 aromatic carbocycles. The topological polar surface area (TPSA) is 22.2 Å². The molecule has 3 nitrogen and oxygen atoms in total. The lowest BCUT2D eigenvalue weighted by Crippen LogP contribution is -2.33. The molecule has 3 aromatic heterocycles. The molecule has 0 fully saturated rings. The first-order chi connectivity index (χ1) is 23.4. The second-order valence-electron chi connectivity index (χ2n) is 13.1. The Balaban J connectivity index is 1.45. The van der Waals surface area contributed by atoms with E-state index in [0.29, 0.717) is 0 Å². The van der Waals surface area contributed by atoms with E-state index in [0.717, 1.165) is 16.7 Å². The van der Waals surface area contributed by atoms with E-state index in [4.69, 9.17) is 4.98 Å². The minimum absolute atomic E-state index is 0.491. The van der Waals surface area contributed by atoms with Crippen molar-refractivity contribution >= 4 is 60.2 Å². The van der Waals surface area contributed by atoms with Crippen LogP contribution < -0.4 is 0 Å². The van der Waals surface area contributed by atoms with E-state index >= 15 is 0 Å². The van der Waals surface area contributed by atoms with Crippen LogP contribution in [0.1, 0.15) is 22.3 Å². The predicted octanol–water partition coefficient (Wildman–Crippen LogP) is 10.6. The number of aromatic nitrogens is 3. The Kier molecular flexibility index (Phi) is 4.17. The van der Waals surface area contributed by atoms with Crippen LogP contribution in [0.5, 0.6) is 0 Å². The average molecular weight is 596 g/mol. The fraction of sp³-hybridized carbons (Fsp3) is 0.0227. The van der Waals surface area contributed by atoms with Gasteiger partial charge in [-0.25, -0.2) is 4.98 Å². The van der Waals surface area contributed by atoms with Gasteiger partial charge in [0.2, 0.25) is 0 Å². The molecule has 0 amide bonds. The van der Waals surface area contributed by atoms with Gasteiger partial charge in [-0.15, -0.1) is 0 Å². The van der Waals surface area contributed by atoms with Crippen molar-refractivity contribution in [1.29, 1.82) is 0 Å². The molecule has 0 radical (unpaired) electrons. The SMILES string of the molecule is c1ccc2c(c1)-c1ccccc1C21c2ccccc2-n2c3ccccc3c3c4c5ccccc5n5c6ccccc6nc5c4cc1c32. The number of nitrogens with zero attached hydrogens (tertiary/aromatic N) is 3. The van der Waals surface area contributed by atoms with Crippen molar-refractivity contribution in [3.8, 4) is 16.8 Å². The zero-order valence-corrected chi connectivity index (χ0v) is 25.3. The van der Waals surface area contributed by atoms with Gasteiger partial charge in [-0.2, -0.15) is 0 Å². The molecule has 4 heterocycles. The van der Waals surface area contributed by atoms with Crippen molar-refractivity contribution < 1.29 is 0 Å². The van der Waals surface area contributed by atoms with Gasteiger partial charge in [-0.3, -0.25) is 4.40 Å². The van der Waals surface area contributed by atoms with Gasteiger partial charge in [-0.1, -0.05) is 115 Å². The van der Waals surface area contributed by atoms with Crippen LogP contribution >= 0.6 is 0 Å². The summed E-state index contributed by atoms with van der Waals surface area (Å²) in [6, 6.07) is 56.1. The van der Waals surface area contributed by atoms with Crippen LogP contribution in [0.25, 0.3) is 77.0 Å². The quantitative estimate of drug-likeness (QED) is 0.160. The Labute approximate surface area is 269 Å². The Hall–Kier alpha value is -6.19. The lowest BCUT2D eigenvalue weighted by atomic mass is 9.65. The summed E-state index contributed by atoms with van der Waals surface area (Å²) in [7, 11) is 0.